The molecular weight excluding hydrogens is 260 g/mol. The van der Waals surface area contributed by atoms with Crippen LogP contribution in [-0.2, 0) is 4.79 Å². The van der Waals surface area contributed by atoms with E-state index in [-0.39, 0.29) is 0 Å². The highest BCUT2D eigenvalue weighted by Gasteiger charge is 2.58. The van der Waals surface area contributed by atoms with Crippen molar-refractivity contribution in [3.05, 3.63) is 0 Å². The molecule has 3 nitrogen and oxygen atoms in total. The van der Waals surface area contributed by atoms with E-state index in [9.17, 15) is 4.79 Å². The Hall–Kier alpha value is -0.570. The number of nitrogens with zero attached hydrogens (tertiary/aromatic N) is 1. The molecule has 2 rings (SSSR count). The van der Waals surface area contributed by atoms with E-state index in [2.05, 4.69) is 37.9 Å². The molecule has 1 heterocycles. The van der Waals surface area contributed by atoms with Gasteiger partial charge in [0.2, 0.25) is 5.91 Å². The van der Waals surface area contributed by atoms with Gasteiger partial charge in [-0.05, 0) is 62.4 Å². The highest BCUT2D eigenvalue weighted by molar-refractivity contribution is 5.82. The van der Waals surface area contributed by atoms with Crippen molar-refractivity contribution in [1.29, 1.82) is 0 Å². The molecule has 2 fully saturated rings. The molecule has 1 atom stereocenters. The fourth-order valence-corrected chi connectivity index (χ4v) is 3.55. The Morgan fingerprint density at radius 1 is 1.10 bits per heavy atom. The lowest BCUT2D eigenvalue weighted by Gasteiger charge is -2.28. The van der Waals surface area contributed by atoms with Crippen molar-refractivity contribution in [1.82, 2.24) is 10.2 Å². The van der Waals surface area contributed by atoms with Crippen molar-refractivity contribution < 1.29 is 4.79 Å². The number of amides is 1. The van der Waals surface area contributed by atoms with Gasteiger partial charge in [0.05, 0.1) is 0 Å². The summed E-state index contributed by atoms with van der Waals surface area (Å²) >= 11 is 0. The van der Waals surface area contributed by atoms with E-state index in [1.165, 1.54) is 12.8 Å². The summed E-state index contributed by atoms with van der Waals surface area (Å²) < 4.78 is 0. The van der Waals surface area contributed by atoms with Crippen molar-refractivity contribution in [3.8, 4) is 0 Å². The van der Waals surface area contributed by atoms with Crippen molar-refractivity contribution in [2.75, 3.05) is 26.2 Å². The standard InChI is InChI=1S/C18H34N2O/c1-14(2)5-11-20(12-6-15(3)4)17(21)16-13-18(16)7-9-19-10-8-18/h14-16,19H,5-13H2,1-4H3. The zero-order valence-corrected chi connectivity index (χ0v) is 14.5. The maximum Gasteiger partial charge on any atom is 0.226 e. The maximum absolute atomic E-state index is 12.9. The average molecular weight is 294 g/mol. The number of piperidine rings is 1. The van der Waals surface area contributed by atoms with Crippen LogP contribution in [0.4, 0.5) is 0 Å². The number of hydrogen-bond donors (Lipinski definition) is 1. The van der Waals surface area contributed by atoms with Crippen LogP contribution in [0.3, 0.4) is 0 Å². The van der Waals surface area contributed by atoms with E-state index in [4.69, 9.17) is 0 Å². The van der Waals surface area contributed by atoms with Crippen molar-refractivity contribution in [3.63, 3.8) is 0 Å². The minimum atomic E-state index is 0.332. The molecule has 1 saturated carbocycles. The number of carbonyl (C=O) groups is 1. The van der Waals surface area contributed by atoms with Gasteiger partial charge in [0.1, 0.15) is 0 Å². The monoisotopic (exact) mass is 294 g/mol. The van der Waals surface area contributed by atoms with Crippen LogP contribution in [0.15, 0.2) is 0 Å². The summed E-state index contributed by atoms with van der Waals surface area (Å²) in [5, 5.41) is 3.42. The van der Waals surface area contributed by atoms with Crippen LogP contribution in [0.2, 0.25) is 0 Å². The molecule has 21 heavy (non-hydrogen) atoms. The second kappa shape index (κ2) is 7.13. The van der Waals surface area contributed by atoms with Gasteiger partial charge in [-0.3, -0.25) is 4.79 Å². The van der Waals surface area contributed by atoms with Crippen LogP contribution in [0, 0.1) is 23.2 Å². The number of carbonyl (C=O) groups excluding carboxylic acids is 1. The zero-order chi connectivity index (χ0) is 15.5. The summed E-state index contributed by atoms with van der Waals surface area (Å²) in [7, 11) is 0. The quantitative estimate of drug-likeness (QED) is 0.781. The average Bonchev–Trinajstić information content (AvgIpc) is 3.12. The van der Waals surface area contributed by atoms with Crippen molar-refractivity contribution in [2.45, 2.75) is 59.8 Å². The normalized spacial score (nSPS) is 23.8. The molecule has 1 unspecified atom stereocenters. The second-order valence-corrected chi connectivity index (χ2v) is 8.06. The molecule has 3 heteroatoms. The Balaban J connectivity index is 1.90. The van der Waals surface area contributed by atoms with Crippen LogP contribution in [0.25, 0.3) is 0 Å². The summed E-state index contributed by atoms with van der Waals surface area (Å²) in [6, 6.07) is 0. The number of hydrogen-bond acceptors (Lipinski definition) is 2. The molecule has 0 bridgehead atoms. The number of rotatable bonds is 7. The summed E-state index contributed by atoms with van der Waals surface area (Å²) in [6.07, 6.45) is 5.81. The molecule has 2 aliphatic rings. The summed E-state index contributed by atoms with van der Waals surface area (Å²) in [6.45, 7) is 13.1. The molecule has 1 aliphatic carbocycles. The molecule has 0 aromatic heterocycles. The SMILES string of the molecule is CC(C)CCN(CCC(C)C)C(=O)C1CC12CCNCC2. The lowest BCUT2D eigenvalue weighted by molar-refractivity contribution is -0.134. The third kappa shape index (κ3) is 4.45. The Labute approximate surface area is 130 Å². The highest BCUT2D eigenvalue weighted by atomic mass is 16.2. The largest absolute Gasteiger partial charge is 0.342 e. The smallest absolute Gasteiger partial charge is 0.226 e. The molecule has 0 aromatic rings. The third-order valence-electron chi connectivity index (χ3n) is 5.35. The lowest BCUT2D eigenvalue weighted by Crippen LogP contribution is -2.38. The van der Waals surface area contributed by atoms with E-state index < -0.39 is 0 Å². The molecule has 122 valence electrons. The molecule has 1 amide bonds. The molecule has 0 radical (unpaired) electrons. The fraction of sp³-hybridized carbons (Fsp3) is 0.944. The van der Waals surface area contributed by atoms with Gasteiger partial charge in [0.25, 0.3) is 0 Å². The zero-order valence-electron chi connectivity index (χ0n) is 14.5. The number of nitrogens with one attached hydrogen (secondary N) is 1. The summed E-state index contributed by atoms with van der Waals surface area (Å²) in [5.74, 6) is 2.13. The van der Waals surface area contributed by atoms with E-state index in [0.29, 0.717) is 29.1 Å². The summed E-state index contributed by atoms with van der Waals surface area (Å²) in [4.78, 5) is 15.1. The van der Waals surface area contributed by atoms with E-state index >= 15 is 0 Å². The molecule has 1 aliphatic heterocycles. The first kappa shape index (κ1) is 16.8. The molecule has 1 spiro atoms. The van der Waals surface area contributed by atoms with Gasteiger partial charge in [-0.25, -0.2) is 0 Å². The van der Waals surface area contributed by atoms with Crippen LogP contribution in [-0.4, -0.2) is 37.0 Å². The maximum atomic E-state index is 12.9. The van der Waals surface area contributed by atoms with E-state index in [1.807, 2.05) is 0 Å². The molecule has 0 aromatic carbocycles. The van der Waals surface area contributed by atoms with Crippen molar-refractivity contribution in [2.24, 2.45) is 23.2 Å². The third-order valence-corrected chi connectivity index (χ3v) is 5.35. The minimum absolute atomic E-state index is 0.332. The predicted octanol–water partition coefficient (Wildman–Crippen LogP) is 3.30. The van der Waals surface area contributed by atoms with Crippen LogP contribution in [0.1, 0.15) is 59.8 Å². The van der Waals surface area contributed by atoms with Gasteiger partial charge < -0.3 is 10.2 Å². The van der Waals surface area contributed by atoms with E-state index in [1.54, 1.807) is 0 Å². The Morgan fingerprint density at radius 2 is 1.62 bits per heavy atom. The van der Waals surface area contributed by atoms with Crippen LogP contribution < -0.4 is 5.32 Å². The van der Waals surface area contributed by atoms with Gasteiger partial charge in [0.15, 0.2) is 0 Å². The topological polar surface area (TPSA) is 32.3 Å². The van der Waals surface area contributed by atoms with Crippen LogP contribution >= 0.6 is 0 Å². The first-order valence-electron chi connectivity index (χ1n) is 8.94. The second-order valence-electron chi connectivity index (χ2n) is 8.06. The Morgan fingerprint density at radius 3 is 2.10 bits per heavy atom. The Kier molecular flexibility index (Phi) is 5.70. The first-order chi connectivity index (χ1) is 9.94. The Bertz CT molecular complexity index is 333. The van der Waals surface area contributed by atoms with Crippen molar-refractivity contribution >= 4 is 5.91 Å². The molecular formula is C18H34N2O. The summed E-state index contributed by atoms with van der Waals surface area (Å²) in [5.41, 5.74) is 0.371. The lowest BCUT2D eigenvalue weighted by atomic mass is 9.91. The first-order valence-corrected chi connectivity index (χ1v) is 8.94. The predicted molar refractivity (Wildman–Crippen MR) is 88.1 cm³/mol. The van der Waals surface area contributed by atoms with Gasteiger partial charge in [0, 0.05) is 19.0 Å². The fourth-order valence-electron chi connectivity index (χ4n) is 3.55. The molecule has 1 saturated heterocycles. The van der Waals surface area contributed by atoms with Gasteiger partial charge in [-0.1, -0.05) is 27.7 Å². The highest BCUT2D eigenvalue weighted by Crippen LogP contribution is 2.59. The molecule has 1 N–H and O–H groups in total. The van der Waals surface area contributed by atoms with E-state index in [0.717, 1.165) is 45.4 Å². The van der Waals surface area contributed by atoms with Gasteiger partial charge >= 0.3 is 0 Å². The van der Waals surface area contributed by atoms with Gasteiger partial charge in [-0.15, -0.1) is 0 Å². The van der Waals surface area contributed by atoms with Crippen LogP contribution in [0.5, 0.6) is 0 Å². The van der Waals surface area contributed by atoms with Gasteiger partial charge in [-0.2, -0.15) is 0 Å². The minimum Gasteiger partial charge on any atom is -0.342 e.